The summed E-state index contributed by atoms with van der Waals surface area (Å²) in [5.74, 6) is -0.162. The van der Waals surface area contributed by atoms with E-state index in [0.29, 0.717) is 29.8 Å². The molecule has 2 amide bonds. The van der Waals surface area contributed by atoms with E-state index in [1.165, 1.54) is 11.2 Å². The lowest BCUT2D eigenvalue weighted by atomic mass is 9.91. The first-order chi connectivity index (χ1) is 12.1. The van der Waals surface area contributed by atoms with E-state index < -0.39 is 0 Å². The van der Waals surface area contributed by atoms with E-state index in [-0.39, 0.29) is 48.0 Å². The van der Waals surface area contributed by atoms with Crippen LogP contribution in [0.1, 0.15) is 32.0 Å². The third kappa shape index (κ3) is 2.37. The van der Waals surface area contributed by atoms with Gasteiger partial charge in [0.2, 0.25) is 12.5 Å². The number of carbonyl (C=O) groups is 2. The zero-order chi connectivity index (χ0) is 17.6. The molecule has 2 aliphatic heterocycles. The van der Waals surface area contributed by atoms with Gasteiger partial charge in [-0.2, -0.15) is 0 Å². The number of hydrogen-bond acceptors (Lipinski definition) is 6. The number of benzene rings is 1. The van der Waals surface area contributed by atoms with Crippen LogP contribution in [0.5, 0.6) is 17.2 Å². The number of amides is 2. The Balaban J connectivity index is 1.73. The Morgan fingerprint density at radius 1 is 1.36 bits per heavy atom. The SMILES string of the molecule is CN1CCc2c(CNC(=O)c3ccco3)c3c(c(O)c2C1=O)OCO3. The molecule has 4 rings (SSSR count). The molecular weight excluding hydrogens is 328 g/mol. The molecule has 1 aromatic heterocycles. The van der Waals surface area contributed by atoms with Gasteiger partial charge in [0.05, 0.1) is 11.8 Å². The van der Waals surface area contributed by atoms with Gasteiger partial charge < -0.3 is 29.2 Å². The second-order valence-electron chi connectivity index (χ2n) is 5.88. The zero-order valence-corrected chi connectivity index (χ0v) is 13.5. The maximum Gasteiger partial charge on any atom is 0.287 e. The topological polar surface area (TPSA) is 101 Å². The number of fused-ring (bicyclic) bond motifs is 2. The molecular formula is C17H16N2O6. The van der Waals surface area contributed by atoms with E-state index in [2.05, 4.69) is 5.32 Å². The number of nitrogens with zero attached hydrogens (tertiary/aromatic N) is 1. The average Bonchev–Trinajstić information content (AvgIpc) is 3.28. The summed E-state index contributed by atoms with van der Waals surface area (Å²) in [6.07, 6.45) is 1.97. The van der Waals surface area contributed by atoms with Crippen LogP contribution in [0, 0.1) is 0 Å². The van der Waals surface area contributed by atoms with Crippen molar-refractivity contribution in [3.8, 4) is 17.2 Å². The molecule has 2 aromatic rings. The van der Waals surface area contributed by atoms with Crippen LogP contribution in [0.15, 0.2) is 22.8 Å². The summed E-state index contributed by atoms with van der Waals surface area (Å²) in [6.45, 7) is 0.601. The highest BCUT2D eigenvalue weighted by atomic mass is 16.7. The maximum absolute atomic E-state index is 12.5. The second-order valence-corrected chi connectivity index (χ2v) is 5.88. The molecule has 8 heteroatoms. The number of phenols is 1. The third-order valence-corrected chi connectivity index (χ3v) is 4.43. The van der Waals surface area contributed by atoms with Crippen molar-refractivity contribution in [2.75, 3.05) is 20.4 Å². The molecule has 3 heterocycles. The maximum atomic E-state index is 12.5. The van der Waals surface area contributed by atoms with Crippen molar-refractivity contribution in [1.82, 2.24) is 10.2 Å². The lowest BCUT2D eigenvalue weighted by Crippen LogP contribution is -2.35. The quantitative estimate of drug-likeness (QED) is 0.870. The van der Waals surface area contributed by atoms with Crippen LogP contribution in [-0.2, 0) is 13.0 Å². The molecule has 0 saturated heterocycles. The summed E-state index contributed by atoms with van der Waals surface area (Å²) in [5.41, 5.74) is 1.52. The fourth-order valence-corrected chi connectivity index (χ4v) is 3.15. The molecule has 0 atom stereocenters. The highest BCUT2D eigenvalue weighted by Crippen LogP contribution is 2.48. The molecule has 1 aromatic carbocycles. The number of aromatic hydroxyl groups is 1. The van der Waals surface area contributed by atoms with Crippen LogP contribution in [0.2, 0.25) is 0 Å². The number of rotatable bonds is 3. The van der Waals surface area contributed by atoms with Crippen molar-refractivity contribution < 1.29 is 28.6 Å². The summed E-state index contributed by atoms with van der Waals surface area (Å²) in [6, 6.07) is 3.19. The number of phenolic OH excluding ortho intramolecular Hbond substituents is 1. The number of hydrogen-bond donors (Lipinski definition) is 2. The van der Waals surface area contributed by atoms with Gasteiger partial charge in [0.15, 0.2) is 17.3 Å². The highest BCUT2D eigenvalue weighted by molar-refractivity contribution is 6.01. The number of furan rings is 1. The first-order valence-electron chi connectivity index (χ1n) is 7.81. The Labute approximate surface area is 142 Å². The van der Waals surface area contributed by atoms with Crippen molar-refractivity contribution in [2.24, 2.45) is 0 Å². The molecule has 0 aliphatic carbocycles. The normalized spacial score (nSPS) is 15.2. The van der Waals surface area contributed by atoms with Crippen molar-refractivity contribution in [1.29, 1.82) is 0 Å². The standard InChI is InChI=1S/C17H16N2O6/c1-19-5-4-9-10(7-18-16(21)11-3-2-6-23-11)14-15(25-8-24-14)13(20)12(9)17(19)22/h2-3,6,20H,4-5,7-8H2,1H3,(H,18,21). The van der Waals surface area contributed by atoms with Gasteiger partial charge in [0.25, 0.3) is 11.8 Å². The van der Waals surface area contributed by atoms with Gasteiger partial charge in [0.1, 0.15) is 0 Å². The van der Waals surface area contributed by atoms with E-state index in [1.807, 2.05) is 0 Å². The van der Waals surface area contributed by atoms with E-state index >= 15 is 0 Å². The van der Waals surface area contributed by atoms with Crippen LogP contribution in [0.3, 0.4) is 0 Å². The van der Waals surface area contributed by atoms with E-state index in [4.69, 9.17) is 13.9 Å². The smallest absolute Gasteiger partial charge is 0.287 e. The second kappa shape index (κ2) is 5.73. The van der Waals surface area contributed by atoms with Crippen LogP contribution in [0.4, 0.5) is 0 Å². The monoisotopic (exact) mass is 344 g/mol. The molecule has 0 unspecified atom stereocenters. The van der Waals surface area contributed by atoms with Crippen LogP contribution in [-0.4, -0.2) is 42.2 Å². The average molecular weight is 344 g/mol. The number of nitrogens with one attached hydrogen (secondary N) is 1. The molecule has 0 saturated carbocycles. The summed E-state index contributed by atoms with van der Waals surface area (Å²) in [4.78, 5) is 26.1. The molecule has 0 bridgehead atoms. The summed E-state index contributed by atoms with van der Waals surface area (Å²) in [5, 5.41) is 13.2. The molecule has 8 nitrogen and oxygen atoms in total. The Morgan fingerprint density at radius 3 is 2.92 bits per heavy atom. The number of carbonyl (C=O) groups excluding carboxylic acids is 2. The van der Waals surface area contributed by atoms with E-state index in [1.54, 1.807) is 19.2 Å². The predicted octanol–water partition coefficient (Wildman–Crippen LogP) is 1.27. The van der Waals surface area contributed by atoms with Crippen LogP contribution >= 0.6 is 0 Å². The van der Waals surface area contributed by atoms with Crippen molar-refractivity contribution >= 4 is 11.8 Å². The minimum Gasteiger partial charge on any atom is -0.504 e. The van der Waals surface area contributed by atoms with Crippen molar-refractivity contribution in [2.45, 2.75) is 13.0 Å². The summed E-state index contributed by atoms with van der Waals surface area (Å²) in [7, 11) is 1.67. The van der Waals surface area contributed by atoms with Crippen molar-refractivity contribution in [3.63, 3.8) is 0 Å². The van der Waals surface area contributed by atoms with Crippen molar-refractivity contribution in [3.05, 3.63) is 40.8 Å². The molecule has 2 N–H and O–H groups in total. The van der Waals surface area contributed by atoms with Gasteiger partial charge in [0, 0.05) is 25.7 Å². The third-order valence-electron chi connectivity index (χ3n) is 4.43. The Bertz CT molecular complexity index is 859. The fourth-order valence-electron chi connectivity index (χ4n) is 3.15. The van der Waals surface area contributed by atoms with Crippen LogP contribution < -0.4 is 14.8 Å². The molecule has 0 fully saturated rings. The van der Waals surface area contributed by atoms with Gasteiger partial charge >= 0.3 is 0 Å². The zero-order valence-electron chi connectivity index (χ0n) is 13.5. The number of likely N-dealkylation sites (N-methyl/N-ethyl adjacent to an activating group) is 1. The summed E-state index contributed by atoms with van der Waals surface area (Å²) >= 11 is 0. The van der Waals surface area contributed by atoms with Gasteiger partial charge in [-0.15, -0.1) is 0 Å². The van der Waals surface area contributed by atoms with Crippen LogP contribution in [0.25, 0.3) is 0 Å². The Kier molecular flexibility index (Phi) is 3.52. The highest BCUT2D eigenvalue weighted by Gasteiger charge is 2.35. The lowest BCUT2D eigenvalue weighted by molar-refractivity contribution is 0.0776. The van der Waals surface area contributed by atoms with E-state index in [9.17, 15) is 14.7 Å². The Morgan fingerprint density at radius 2 is 2.16 bits per heavy atom. The van der Waals surface area contributed by atoms with Gasteiger partial charge in [-0.25, -0.2) is 0 Å². The molecule has 2 aliphatic rings. The molecule has 25 heavy (non-hydrogen) atoms. The molecule has 0 spiro atoms. The minimum atomic E-state index is -0.376. The van der Waals surface area contributed by atoms with Gasteiger partial charge in [-0.1, -0.05) is 0 Å². The first-order valence-corrected chi connectivity index (χ1v) is 7.81. The van der Waals surface area contributed by atoms with E-state index in [0.717, 1.165) is 0 Å². The van der Waals surface area contributed by atoms with Gasteiger partial charge in [-0.3, -0.25) is 9.59 Å². The Hall–Kier alpha value is -3.16. The largest absolute Gasteiger partial charge is 0.504 e. The van der Waals surface area contributed by atoms with Gasteiger partial charge in [-0.05, 0) is 24.1 Å². The summed E-state index contributed by atoms with van der Waals surface area (Å²) < 4.78 is 15.9. The predicted molar refractivity (Wildman–Crippen MR) is 84.8 cm³/mol. The fraction of sp³-hybridized carbons (Fsp3) is 0.294. The molecule has 130 valence electrons. The number of ether oxygens (including phenoxy) is 2. The first kappa shape index (κ1) is 15.4. The minimum absolute atomic E-state index is 0.0467. The lowest BCUT2D eigenvalue weighted by Gasteiger charge is -2.28. The molecule has 0 radical (unpaired) electrons.